The monoisotopic (exact) mass is 450 g/mol. The molecule has 0 atom stereocenters. The van der Waals surface area contributed by atoms with Crippen LogP contribution in [0.15, 0.2) is 30.3 Å². The van der Waals surface area contributed by atoms with Crippen molar-refractivity contribution in [3.05, 3.63) is 64.2 Å². The summed E-state index contributed by atoms with van der Waals surface area (Å²) < 4.78 is 69.6. The quantitative estimate of drug-likeness (QED) is 0.416. The Balaban J connectivity index is 1.51. The molecule has 0 spiro atoms. The molecular formula is C26H27F5O. The lowest BCUT2D eigenvalue weighted by Crippen LogP contribution is -2.20. The third-order valence-electron chi connectivity index (χ3n) is 6.80. The van der Waals surface area contributed by atoms with Gasteiger partial charge in [0.1, 0.15) is 0 Å². The topological polar surface area (TPSA) is 9.23 Å². The molecule has 0 aromatic heterocycles. The molecule has 32 heavy (non-hydrogen) atoms. The van der Waals surface area contributed by atoms with Crippen molar-refractivity contribution in [2.45, 2.75) is 70.6 Å². The van der Waals surface area contributed by atoms with Crippen LogP contribution in [0, 0.1) is 17.6 Å². The Hall–Kier alpha value is -2.37. The Labute approximate surface area is 185 Å². The van der Waals surface area contributed by atoms with E-state index in [-0.39, 0.29) is 17.5 Å². The van der Waals surface area contributed by atoms with Crippen LogP contribution < -0.4 is 4.74 Å². The molecule has 1 saturated carbocycles. The largest absolute Gasteiger partial charge is 0.573 e. The van der Waals surface area contributed by atoms with Crippen molar-refractivity contribution in [3.8, 4) is 5.75 Å². The summed E-state index contributed by atoms with van der Waals surface area (Å²) in [5.74, 6) is -2.59. The number of alkyl halides is 3. The number of hydrogen-bond acceptors (Lipinski definition) is 1. The van der Waals surface area contributed by atoms with E-state index in [2.05, 4.69) is 23.8 Å². The molecule has 0 bridgehead atoms. The van der Waals surface area contributed by atoms with Crippen molar-refractivity contribution in [1.82, 2.24) is 0 Å². The summed E-state index contributed by atoms with van der Waals surface area (Å²) in [6.45, 7) is 2.24. The molecule has 0 N–H and O–H groups in total. The lowest BCUT2D eigenvalue weighted by Gasteiger charge is -2.28. The van der Waals surface area contributed by atoms with Gasteiger partial charge in [0, 0.05) is 0 Å². The Bertz CT molecular complexity index is 983. The number of ether oxygens (including phenoxy) is 1. The molecule has 1 nitrogen and oxygen atoms in total. The van der Waals surface area contributed by atoms with Gasteiger partial charge >= 0.3 is 6.36 Å². The standard InChI is InChI=1S/C26H27F5O/c1-2-3-16-4-6-17(7-5-16)18-8-10-19(11-9-18)20-12-13-22-21(14-20)15-23(27)25(24(22)28)32-26(29,30)31/h8-11,14-17H,2-7,12-13H2,1H3. The maximum atomic E-state index is 14.5. The molecule has 0 radical (unpaired) electrons. The van der Waals surface area contributed by atoms with Crippen molar-refractivity contribution < 1.29 is 26.7 Å². The van der Waals surface area contributed by atoms with Crippen LogP contribution in [-0.4, -0.2) is 6.36 Å². The second kappa shape index (κ2) is 9.24. The second-order valence-electron chi connectivity index (χ2n) is 8.91. The number of halogens is 5. The maximum Gasteiger partial charge on any atom is 0.573 e. The summed E-state index contributed by atoms with van der Waals surface area (Å²) >= 11 is 0. The molecule has 1 fully saturated rings. The molecule has 2 aromatic carbocycles. The third-order valence-corrected chi connectivity index (χ3v) is 6.80. The van der Waals surface area contributed by atoms with Crippen LogP contribution in [0.2, 0.25) is 0 Å². The first-order chi connectivity index (χ1) is 15.2. The molecule has 0 unspecified atom stereocenters. The van der Waals surface area contributed by atoms with Gasteiger partial charge in [-0.15, -0.1) is 13.2 Å². The van der Waals surface area contributed by atoms with Gasteiger partial charge in [0.2, 0.25) is 5.75 Å². The number of allylic oxidation sites excluding steroid dienone is 1. The van der Waals surface area contributed by atoms with Crippen molar-refractivity contribution in [2.24, 2.45) is 5.92 Å². The second-order valence-corrected chi connectivity index (χ2v) is 8.91. The fourth-order valence-electron chi connectivity index (χ4n) is 5.16. The zero-order valence-corrected chi connectivity index (χ0v) is 18.1. The Morgan fingerprint density at radius 1 is 0.969 bits per heavy atom. The van der Waals surface area contributed by atoms with Crippen LogP contribution in [0.25, 0.3) is 11.6 Å². The first-order valence-electron chi connectivity index (χ1n) is 11.3. The molecule has 2 aliphatic carbocycles. The van der Waals surface area contributed by atoms with Crippen LogP contribution in [-0.2, 0) is 6.42 Å². The summed E-state index contributed by atoms with van der Waals surface area (Å²) in [5, 5.41) is 0. The summed E-state index contributed by atoms with van der Waals surface area (Å²) in [4.78, 5) is 0. The fraction of sp³-hybridized carbons (Fsp3) is 0.462. The SMILES string of the molecule is CCCC1CCC(c2ccc(C3=Cc4cc(F)c(OC(F)(F)F)c(F)c4CC3)cc2)CC1. The number of rotatable bonds is 5. The molecule has 172 valence electrons. The van der Waals surface area contributed by atoms with Gasteiger partial charge in [-0.2, -0.15) is 0 Å². The highest BCUT2D eigenvalue weighted by Crippen LogP contribution is 2.40. The van der Waals surface area contributed by atoms with Crippen molar-refractivity contribution >= 4 is 11.6 Å². The third kappa shape index (κ3) is 5.00. The van der Waals surface area contributed by atoms with E-state index in [0.717, 1.165) is 23.1 Å². The number of fused-ring (bicyclic) bond motifs is 1. The minimum absolute atomic E-state index is 0.0508. The van der Waals surface area contributed by atoms with E-state index in [4.69, 9.17) is 0 Å². The molecule has 2 aromatic rings. The Morgan fingerprint density at radius 2 is 1.66 bits per heavy atom. The first-order valence-corrected chi connectivity index (χ1v) is 11.3. The molecule has 6 heteroatoms. The molecule has 0 heterocycles. The van der Waals surface area contributed by atoms with Gasteiger partial charge in [0.25, 0.3) is 0 Å². The predicted molar refractivity (Wildman–Crippen MR) is 115 cm³/mol. The van der Waals surface area contributed by atoms with Gasteiger partial charge < -0.3 is 4.74 Å². The van der Waals surface area contributed by atoms with E-state index in [0.29, 0.717) is 12.3 Å². The molecule has 0 aliphatic heterocycles. The normalized spacial score (nSPS) is 21.1. The van der Waals surface area contributed by atoms with E-state index < -0.39 is 23.7 Å². The van der Waals surface area contributed by atoms with E-state index in [9.17, 15) is 22.0 Å². The van der Waals surface area contributed by atoms with Crippen LogP contribution >= 0.6 is 0 Å². The van der Waals surface area contributed by atoms with E-state index in [1.54, 1.807) is 6.08 Å². The Kier molecular flexibility index (Phi) is 6.59. The van der Waals surface area contributed by atoms with Crippen LogP contribution in [0.3, 0.4) is 0 Å². The van der Waals surface area contributed by atoms with E-state index in [1.807, 2.05) is 12.1 Å². The zero-order chi connectivity index (χ0) is 22.9. The van der Waals surface area contributed by atoms with Gasteiger partial charge in [-0.1, -0.05) is 50.1 Å². The average molecular weight is 450 g/mol. The molecular weight excluding hydrogens is 423 g/mol. The fourth-order valence-corrected chi connectivity index (χ4v) is 5.16. The number of hydrogen-bond donors (Lipinski definition) is 0. The molecule has 4 rings (SSSR count). The van der Waals surface area contributed by atoms with Crippen molar-refractivity contribution in [2.75, 3.05) is 0 Å². The van der Waals surface area contributed by atoms with E-state index >= 15 is 0 Å². The van der Waals surface area contributed by atoms with Gasteiger partial charge in [0.15, 0.2) is 11.6 Å². The highest BCUT2D eigenvalue weighted by atomic mass is 19.4. The highest BCUT2D eigenvalue weighted by molar-refractivity contribution is 5.84. The summed E-state index contributed by atoms with van der Waals surface area (Å²) in [7, 11) is 0. The lowest BCUT2D eigenvalue weighted by molar-refractivity contribution is -0.276. The van der Waals surface area contributed by atoms with Gasteiger partial charge in [-0.25, -0.2) is 8.78 Å². The lowest BCUT2D eigenvalue weighted by atomic mass is 9.77. The van der Waals surface area contributed by atoms with Gasteiger partial charge in [-0.3, -0.25) is 0 Å². The molecule has 2 aliphatic rings. The minimum atomic E-state index is -5.15. The van der Waals surface area contributed by atoms with Crippen molar-refractivity contribution in [3.63, 3.8) is 0 Å². The first kappa shape index (κ1) is 22.8. The van der Waals surface area contributed by atoms with Crippen molar-refractivity contribution in [1.29, 1.82) is 0 Å². The number of benzene rings is 2. The smallest absolute Gasteiger partial charge is 0.399 e. The van der Waals surface area contributed by atoms with Crippen LogP contribution in [0.5, 0.6) is 5.75 Å². The minimum Gasteiger partial charge on any atom is -0.399 e. The summed E-state index contributed by atoms with van der Waals surface area (Å²) in [6, 6.07) is 9.27. The zero-order valence-electron chi connectivity index (χ0n) is 18.1. The molecule has 0 saturated heterocycles. The van der Waals surface area contributed by atoms with Gasteiger partial charge in [0.05, 0.1) is 0 Å². The summed E-state index contributed by atoms with van der Waals surface area (Å²) in [6.07, 6.45) is 4.68. The predicted octanol–water partition coefficient (Wildman–Crippen LogP) is 8.42. The van der Waals surface area contributed by atoms with E-state index in [1.165, 1.54) is 44.1 Å². The Morgan fingerprint density at radius 3 is 2.28 bits per heavy atom. The van der Waals surface area contributed by atoms with Crippen LogP contribution in [0.1, 0.15) is 80.0 Å². The summed E-state index contributed by atoms with van der Waals surface area (Å²) in [5.41, 5.74) is 3.52. The molecule has 0 amide bonds. The maximum absolute atomic E-state index is 14.5. The average Bonchev–Trinajstić information content (AvgIpc) is 2.76. The van der Waals surface area contributed by atoms with Gasteiger partial charge in [-0.05, 0) is 84.3 Å². The van der Waals surface area contributed by atoms with Crippen LogP contribution in [0.4, 0.5) is 22.0 Å². The highest BCUT2D eigenvalue weighted by Gasteiger charge is 2.35.